The average molecular weight is 165 g/mol. The Balaban J connectivity index is 2.04. The van der Waals surface area contributed by atoms with Crippen LogP contribution in [0.3, 0.4) is 0 Å². The van der Waals surface area contributed by atoms with Gasteiger partial charge in [0.05, 0.1) is 6.04 Å². The summed E-state index contributed by atoms with van der Waals surface area (Å²) in [6.45, 7) is 1.35. The van der Waals surface area contributed by atoms with Crippen LogP contribution in [0.4, 0.5) is 0 Å². The lowest BCUT2D eigenvalue weighted by atomic mass is 10.1. The van der Waals surface area contributed by atoms with E-state index in [4.69, 9.17) is 0 Å². The fourth-order valence-electron chi connectivity index (χ4n) is 1.76. The van der Waals surface area contributed by atoms with Gasteiger partial charge < -0.3 is 9.77 Å². The van der Waals surface area contributed by atoms with Crippen LogP contribution in [0.2, 0.25) is 0 Å². The number of hydrogen-bond acceptors (Lipinski definition) is 2. The zero-order valence-corrected chi connectivity index (χ0v) is 7.02. The van der Waals surface area contributed by atoms with E-state index in [1.807, 2.05) is 24.5 Å². The standard InChI is InChI=1S/C9H13N2O/c12-11-7-3-4-9(8-11)10-5-1-2-6-10/h1-2,5-6,9H,3-4,7-8H2. The van der Waals surface area contributed by atoms with E-state index >= 15 is 0 Å². The third-order valence-electron chi connectivity index (χ3n) is 2.41. The maximum absolute atomic E-state index is 11.1. The number of aromatic nitrogens is 1. The van der Waals surface area contributed by atoms with Crippen molar-refractivity contribution in [3.63, 3.8) is 0 Å². The van der Waals surface area contributed by atoms with Gasteiger partial charge in [-0.05, 0) is 18.6 Å². The van der Waals surface area contributed by atoms with Crippen LogP contribution in [-0.4, -0.2) is 17.7 Å². The molecule has 0 saturated carbocycles. The number of hydrogen-bond donors (Lipinski definition) is 0. The van der Waals surface area contributed by atoms with E-state index in [1.54, 1.807) is 0 Å². The van der Waals surface area contributed by atoms with Gasteiger partial charge in [0.1, 0.15) is 13.1 Å². The first-order valence-corrected chi connectivity index (χ1v) is 4.41. The van der Waals surface area contributed by atoms with E-state index in [9.17, 15) is 5.21 Å². The van der Waals surface area contributed by atoms with E-state index in [0.29, 0.717) is 19.1 Å². The third kappa shape index (κ3) is 1.52. The van der Waals surface area contributed by atoms with Crippen LogP contribution >= 0.6 is 0 Å². The van der Waals surface area contributed by atoms with Crippen molar-refractivity contribution in [1.29, 1.82) is 0 Å². The Morgan fingerprint density at radius 3 is 2.75 bits per heavy atom. The number of rotatable bonds is 1. The Bertz CT molecular complexity index is 233. The lowest BCUT2D eigenvalue weighted by molar-refractivity contribution is 0.312. The lowest BCUT2D eigenvalue weighted by Crippen LogP contribution is -2.36. The molecule has 1 aromatic rings. The molecule has 0 bridgehead atoms. The van der Waals surface area contributed by atoms with Crippen LogP contribution < -0.4 is 5.06 Å². The SMILES string of the molecule is [O-][N+]1CCCC(n2cccc2)C1. The summed E-state index contributed by atoms with van der Waals surface area (Å²) in [7, 11) is 0. The van der Waals surface area contributed by atoms with Crippen molar-refractivity contribution in [3.8, 4) is 0 Å². The fraction of sp³-hybridized carbons (Fsp3) is 0.556. The predicted molar refractivity (Wildman–Crippen MR) is 47.9 cm³/mol. The minimum Gasteiger partial charge on any atom is -0.582 e. The molecule has 12 heavy (non-hydrogen) atoms. The van der Waals surface area contributed by atoms with E-state index in [1.165, 1.54) is 0 Å². The molecular weight excluding hydrogens is 152 g/mol. The van der Waals surface area contributed by atoms with Crippen molar-refractivity contribution in [2.75, 3.05) is 13.1 Å². The van der Waals surface area contributed by atoms with E-state index < -0.39 is 0 Å². The number of hydroxylamine groups is 2. The largest absolute Gasteiger partial charge is 0.582 e. The van der Waals surface area contributed by atoms with E-state index in [0.717, 1.165) is 17.9 Å². The highest BCUT2D eigenvalue weighted by molar-refractivity contribution is 4.95. The Labute approximate surface area is 72.2 Å². The van der Waals surface area contributed by atoms with Gasteiger partial charge in [-0.1, -0.05) is 0 Å². The normalized spacial score (nSPS) is 25.9. The molecule has 1 atom stereocenters. The Kier molecular flexibility index (Phi) is 2.15. The fourth-order valence-corrected chi connectivity index (χ4v) is 1.76. The summed E-state index contributed by atoms with van der Waals surface area (Å²) in [6, 6.07) is 4.40. The maximum atomic E-state index is 11.1. The van der Waals surface area contributed by atoms with Crippen molar-refractivity contribution in [3.05, 3.63) is 29.7 Å². The summed E-state index contributed by atoms with van der Waals surface area (Å²) in [4.78, 5) is 0. The van der Waals surface area contributed by atoms with Gasteiger partial charge in [0.15, 0.2) is 0 Å². The molecule has 1 aromatic heterocycles. The molecule has 1 radical (unpaired) electrons. The van der Waals surface area contributed by atoms with Gasteiger partial charge in [0.2, 0.25) is 0 Å². The van der Waals surface area contributed by atoms with Gasteiger partial charge >= 0.3 is 0 Å². The van der Waals surface area contributed by atoms with Crippen LogP contribution in [0, 0.1) is 5.21 Å². The molecule has 65 valence electrons. The molecule has 2 heterocycles. The summed E-state index contributed by atoms with van der Waals surface area (Å²) < 4.78 is 2.13. The average Bonchev–Trinajstić information content (AvgIpc) is 2.56. The molecule has 3 heteroatoms. The first-order chi connectivity index (χ1) is 5.86. The molecule has 1 aliphatic rings. The Hall–Kier alpha value is -0.800. The van der Waals surface area contributed by atoms with Gasteiger partial charge in [-0.15, -0.1) is 0 Å². The van der Waals surface area contributed by atoms with Crippen molar-refractivity contribution in [1.82, 2.24) is 9.63 Å². The van der Waals surface area contributed by atoms with E-state index in [2.05, 4.69) is 4.57 Å². The first kappa shape index (κ1) is 7.83. The minimum atomic E-state index is 0.395. The highest BCUT2D eigenvalue weighted by Gasteiger charge is 2.21. The second-order valence-corrected chi connectivity index (χ2v) is 3.31. The van der Waals surface area contributed by atoms with Gasteiger partial charge in [-0.2, -0.15) is 5.06 Å². The molecule has 0 aromatic carbocycles. The highest BCUT2D eigenvalue weighted by atomic mass is 16.5. The second kappa shape index (κ2) is 3.29. The van der Waals surface area contributed by atoms with Crippen LogP contribution in [0.15, 0.2) is 24.5 Å². The minimum absolute atomic E-state index is 0.395. The highest BCUT2D eigenvalue weighted by Crippen LogP contribution is 2.19. The third-order valence-corrected chi connectivity index (χ3v) is 2.41. The van der Waals surface area contributed by atoms with Crippen LogP contribution in [0.5, 0.6) is 0 Å². The van der Waals surface area contributed by atoms with Crippen LogP contribution in [0.25, 0.3) is 0 Å². The summed E-state index contributed by atoms with van der Waals surface area (Å²) in [5, 5.41) is 12.2. The Morgan fingerprint density at radius 1 is 1.33 bits per heavy atom. The lowest BCUT2D eigenvalue weighted by Gasteiger charge is -2.27. The monoisotopic (exact) mass is 165 g/mol. The molecule has 3 nitrogen and oxygen atoms in total. The summed E-state index contributed by atoms with van der Waals surface area (Å²) in [6.07, 6.45) is 6.22. The molecule has 1 saturated heterocycles. The van der Waals surface area contributed by atoms with Gasteiger partial charge in [-0.3, -0.25) is 0 Å². The molecule has 1 unspecified atom stereocenters. The van der Waals surface area contributed by atoms with Gasteiger partial charge in [-0.25, -0.2) is 0 Å². The molecule has 0 N–H and O–H groups in total. The number of nitrogens with zero attached hydrogens (tertiary/aromatic N) is 2. The van der Waals surface area contributed by atoms with E-state index in [-0.39, 0.29) is 0 Å². The van der Waals surface area contributed by atoms with Crippen molar-refractivity contribution < 1.29 is 0 Å². The van der Waals surface area contributed by atoms with Gasteiger partial charge in [0, 0.05) is 18.8 Å². The second-order valence-electron chi connectivity index (χ2n) is 3.31. The predicted octanol–water partition coefficient (Wildman–Crippen LogP) is 1.46. The number of piperidine rings is 1. The first-order valence-electron chi connectivity index (χ1n) is 4.41. The summed E-state index contributed by atoms with van der Waals surface area (Å²) >= 11 is 0. The van der Waals surface area contributed by atoms with Crippen molar-refractivity contribution >= 4 is 0 Å². The quantitative estimate of drug-likeness (QED) is 0.458. The van der Waals surface area contributed by atoms with Crippen LogP contribution in [-0.2, 0) is 0 Å². The Morgan fingerprint density at radius 2 is 2.08 bits per heavy atom. The molecule has 2 rings (SSSR count). The van der Waals surface area contributed by atoms with Crippen molar-refractivity contribution in [2.24, 2.45) is 0 Å². The summed E-state index contributed by atoms with van der Waals surface area (Å²) in [5.41, 5.74) is 0. The molecule has 1 aliphatic heterocycles. The zero-order chi connectivity index (χ0) is 8.39. The maximum Gasteiger partial charge on any atom is 0.143 e. The van der Waals surface area contributed by atoms with Crippen molar-refractivity contribution in [2.45, 2.75) is 18.9 Å². The van der Waals surface area contributed by atoms with Crippen LogP contribution in [0.1, 0.15) is 18.9 Å². The molecule has 0 spiro atoms. The zero-order valence-electron chi connectivity index (χ0n) is 7.02. The smallest absolute Gasteiger partial charge is 0.143 e. The molecule has 1 fully saturated rings. The summed E-state index contributed by atoms with van der Waals surface area (Å²) in [5.74, 6) is 0. The molecule has 0 aliphatic carbocycles. The molecular formula is C9H13N2O. The topological polar surface area (TPSA) is 33.9 Å². The van der Waals surface area contributed by atoms with Gasteiger partial charge in [0.25, 0.3) is 0 Å². The molecule has 0 amide bonds.